The molecule has 3 nitrogen and oxygen atoms in total. The van der Waals surface area contributed by atoms with Gasteiger partial charge in [0.15, 0.2) is 0 Å². The molecule has 0 spiro atoms. The molecule has 1 heterocycles. The Kier molecular flexibility index (Phi) is 4.56. The lowest BCUT2D eigenvalue weighted by Crippen LogP contribution is -2.12. The first-order valence-corrected chi connectivity index (χ1v) is 7.33. The first-order chi connectivity index (χ1) is 10.9. The molecule has 0 aliphatic rings. The molecule has 0 radical (unpaired) electrons. The van der Waals surface area contributed by atoms with E-state index >= 15 is 0 Å². The largest absolute Gasteiger partial charge is 0.496 e. The summed E-state index contributed by atoms with van der Waals surface area (Å²) in [5.41, 5.74) is 2.23. The molecule has 0 saturated heterocycles. The van der Waals surface area contributed by atoms with Crippen molar-refractivity contribution in [3.63, 3.8) is 0 Å². The van der Waals surface area contributed by atoms with Crippen molar-refractivity contribution < 1.29 is 9.15 Å². The minimum absolute atomic E-state index is 0.685. The van der Waals surface area contributed by atoms with E-state index in [0.29, 0.717) is 6.54 Å². The number of hydrogen-bond acceptors (Lipinski definition) is 3. The van der Waals surface area contributed by atoms with Gasteiger partial charge >= 0.3 is 0 Å². The molecule has 22 heavy (non-hydrogen) atoms. The van der Waals surface area contributed by atoms with Gasteiger partial charge in [0, 0.05) is 17.7 Å². The Hall–Kier alpha value is -2.52. The van der Waals surface area contributed by atoms with Crippen molar-refractivity contribution in [3.8, 4) is 17.1 Å². The van der Waals surface area contributed by atoms with E-state index < -0.39 is 0 Å². The molecule has 3 aromatic rings. The molecule has 3 heteroatoms. The number of methoxy groups -OCH3 is 1. The number of nitrogens with one attached hydrogen (secondary N) is 1. The summed E-state index contributed by atoms with van der Waals surface area (Å²) in [7, 11) is 1.69. The predicted molar refractivity (Wildman–Crippen MR) is 87.7 cm³/mol. The zero-order valence-corrected chi connectivity index (χ0v) is 12.6. The molecule has 0 amide bonds. The average molecular weight is 293 g/mol. The second-order valence-electron chi connectivity index (χ2n) is 5.05. The van der Waals surface area contributed by atoms with Crippen LogP contribution in [0.2, 0.25) is 0 Å². The van der Waals surface area contributed by atoms with E-state index in [9.17, 15) is 0 Å². The SMILES string of the molecule is COc1ccccc1CNCc1ccc(-c2ccccc2)o1. The average Bonchev–Trinajstić information content (AvgIpc) is 3.05. The van der Waals surface area contributed by atoms with Crippen molar-refractivity contribution in [2.24, 2.45) is 0 Å². The van der Waals surface area contributed by atoms with Crippen LogP contribution in [0.5, 0.6) is 5.75 Å². The summed E-state index contributed by atoms with van der Waals surface area (Å²) in [5.74, 6) is 2.72. The van der Waals surface area contributed by atoms with E-state index in [1.807, 2.05) is 60.7 Å². The van der Waals surface area contributed by atoms with Crippen LogP contribution in [-0.4, -0.2) is 7.11 Å². The van der Waals surface area contributed by atoms with Crippen LogP contribution in [0.3, 0.4) is 0 Å². The van der Waals surface area contributed by atoms with E-state index in [1.54, 1.807) is 7.11 Å². The minimum atomic E-state index is 0.685. The van der Waals surface area contributed by atoms with Crippen molar-refractivity contribution >= 4 is 0 Å². The molecular weight excluding hydrogens is 274 g/mol. The summed E-state index contributed by atoms with van der Waals surface area (Å²) in [6.07, 6.45) is 0. The van der Waals surface area contributed by atoms with E-state index in [1.165, 1.54) is 0 Å². The van der Waals surface area contributed by atoms with Gasteiger partial charge in [0.25, 0.3) is 0 Å². The van der Waals surface area contributed by atoms with E-state index in [0.717, 1.165) is 34.9 Å². The van der Waals surface area contributed by atoms with Crippen LogP contribution in [0.4, 0.5) is 0 Å². The van der Waals surface area contributed by atoms with Crippen LogP contribution in [0, 0.1) is 0 Å². The Labute approximate surface area is 130 Å². The first kappa shape index (κ1) is 14.4. The highest BCUT2D eigenvalue weighted by Gasteiger charge is 2.05. The van der Waals surface area contributed by atoms with Crippen molar-refractivity contribution in [1.82, 2.24) is 5.32 Å². The van der Waals surface area contributed by atoms with Gasteiger partial charge in [0.1, 0.15) is 17.3 Å². The lowest BCUT2D eigenvalue weighted by molar-refractivity contribution is 0.406. The third-order valence-corrected chi connectivity index (χ3v) is 3.53. The molecule has 0 atom stereocenters. The Bertz CT molecular complexity index is 719. The molecule has 1 N–H and O–H groups in total. The fraction of sp³-hybridized carbons (Fsp3) is 0.158. The van der Waals surface area contributed by atoms with Crippen molar-refractivity contribution in [1.29, 1.82) is 0 Å². The third-order valence-electron chi connectivity index (χ3n) is 3.53. The molecular formula is C19H19NO2. The number of ether oxygens (including phenoxy) is 1. The maximum absolute atomic E-state index is 5.87. The maximum atomic E-state index is 5.87. The van der Waals surface area contributed by atoms with Gasteiger partial charge in [-0.1, -0.05) is 48.5 Å². The highest BCUT2D eigenvalue weighted by molar-refractivity contribution is 5.57. The molecule has 2 aromatic carbocycles. The number of rotatable bonds is 6. The van der Waals surface area contributed by atoms with Crippen LogP contribution in [0.1, 0.15) is 11.3 Å². The Morgan fingerprint density at radius 2 is 1.64 bits per heavy atom. The second kappa shape index (κ2) is 6.96. The third kappa shape index (κ3) is 3.38. The highest BCUT2D eigenvalue weighted by atomic mass is 16.5. The molecule has 3 rings (SSSR count). The lowest BCUT2D eigenvalue weighted by atomic mass is 10.2. The second-order valence-corrected chi connectivity index (χ2v) is 5.05. The highest BCUT2D eigenvalue weighted by Crippen LogP contribution is 2.22. The fourth-order valence-electron chi connectivity index (χ4n) is 2.40. The van der Waals surface area contributed by atoms with E-state index in [-0.39, 0.29) is 0 Å². The zero-order chi connectivity index (χ0) is 15.2. The number of furan rings is 1. The van der Waals surface area contributed by atoms with Gasteiger partial charge in [-0.25, -0.2) is 0 Å². The summed E-state index contributed by atoms with van der Waals surface area (Å²) in [5, 5.41) is 3.38. The summed E-state index contributed by atoms with van der Waals surface area (Å²) in [4.78, 5) is 0. The molecule has 0 unspecified atom stereocenters. The summed E-state index contributed by atoms with van der Waals surface area (Å²) >= 11 is 0. The first-order valence-electron chi connectivity index (χ1n) is 7.33. The smallest absolute Gasteiger partial charge is 0.134 e. The van der Waals surface area contributed by atoms with Crippen molar-refractivity contribution in [2.75, 3.05) is 7.11 Å². The lowest BCUT2D eigenvalue weighted by Gasteiger charge is -2.08. The molecule has 112 valence electrons. The molecule has 0 saturated carbocycles. The van der Waals surface area contributed by atoms with Crippen molar-refractivity contribution in [2.45, 2.75) is 13.1 Å². The van der Waals surface area contributed by atoms with Gasteiger partial charge in [-0.3, -0.25) is 0 Å². The molecule has 0 fully saturated rings. The van der Waals surface area contributed by atoms with Crippen LogP contribution < -0.4 is 10.1 Å². The van der Waals surface area contributed by atoms with E-state index in [2.05, 4.69) is 11.4 Å². The fourth-order valence-corrected chi connectivity index (χ4v) is 2.40. The molecule has 0 aliphatic heterocycles. The zero-order valence-electron chi connectivity index (χ0n) is 12.6. The van der Waals surface area contributed by atoms with Gasteiger partial charge in [-0.05, 0) is 18.2 Å². The number of hydrogen-bond donors (Lipinski definition) is 1. The van der Waals surface area contributed by atoms with Crippen molar-refractivity contribution in [3.05, 3.63) is 78.1 Å². The number of para-hydroxylation sites is 1. The molecule has 0 bridgehead atoms. The topological polar surface area (TPSA) is 34.4 Å². The standard InChI is InChI=1S/C19H19NO2/c1-21-18-10-6-5-9-16(18)13-20-14-17-11-12-19(22-17)15-7-3-2-4-8-15/h2-12,20H,13-14H2,1H3. The maximum Gasteiger partial charge on any atom is 0.134 e. The summed E-state index contributed by atoms with van der Waals surface area (Å²) in [6.45, 7) is 1.43. The van der Waals surface area contributed by atoms with E-state index in [4.69, 9.17) is 9.15 Å². The summed E-state index contributed by atoms with van der Waals surface area (Å²) < 4.78 is 11.2. The van der Waals surface area contributed by atoms with Gasteiger partial charge in [-0.2, -0.15) is 0 Å². The number of benzene rings is 2. The van der Waals surface area contributed by atoms with Gasteiger partial charge < -0.3 is 14.5 Å². The minimum Gasteiger partial charge on any atom is -0.496 e. The predicted octanol–water partition coefficient (Wildman–Crippen LogP) is 4.25. The van der Waals surface area contributed by atoms with Crippen LogP contribution in [0.25, 0.3) is 11.3 Å². The van der Waals surface area contributed by atoms with Crippen LogP contribution >= 0.6 is 0 Å². The van der Waals surface area contributed by atoms with Crippen LogP contribution in [0.15, 0.2) is 71.1 Å². The van der Waals surface area contributed by atoms with Gasteiger partial charge in [-0.15, -0.1) is 0 Å². The molecule has 1 aromatic heterocycles. The normalized spacial score (nSPS) is 10.6. The molecule has 0 aliphatic carbocycles. The van der Waals surface area contributed by atoms with Gasteiger partial charge in [0.05, 0.1) is 13.7 Å². The van der Waals surface area contributed by atoms with Crippen LogP contribution in [-0.2, 0) is 13.1 Å². The Morgan fingerprint density at radius 3 is 2.45 bits per heavy atom. The monoisotopic (exact) mass is 293 g/mol. The quantitative estimate of drug-likeness (QED) is 0.738. The van der Waals surface area contributed by atoms with Gasteiger partial charge in [0.2, 0.25) is 0 Å². The Balaban J connectivity index is 1.60. The summed E-state index contributed by atoms with van der Waals surface area (Å²) in [6, 6.07) is 22.2. The Morgan fingerprint density at radius 1 is 0.864 bits per heavy atom.